The highest BCUT2D eigenvalue weighted by molar-refractivity contribution is 7.86. The summed E-state index contributed by atoms with van der Waals surface area (Å²) in [4.78, 5) is 25.0. The smallest absolute Gasteiger partial charge is 0.321 e. The van der Waals surface area contributed by atoms with Gasteiger partial charge in [-0.25, -0.2) is 0 Å². The molecule has 2 fully saturated rings. The molecule has 13 heteroatoms. The maximum absolute atomic E-state index is 14.3. The molecule has 4 atom stereocenters. The summed E-state index contributed by atoms with van der Waals surface area (Å²) < 4.78 is 64.6. The molecule has 2 aliphatic rings. The van der Waals surface area contributed by atoms with E-state index in [2.05, 4.69) is 0 Å². The predicted octanol–water partition coefficient (Wildman–Crippen LogP) is 1.61. The van der Waals surface area contributed by atoms with Gasteiger partial charge in [0.1, 0.15) is 50.0 Å². The molecule has 0 aliphatic carbocycles. The van der Waals surface area contributed by atoms with Gasteiger partial charge in [-0.1, -0.05) is 36.4 Å². The van der Waals surface area contributed by atoms with E-state index in [4.69, 9.17) is 28.4 Å². The van der Waals surface area contributed by atoms with Crippen molar-refractivity contribution in [3.05, 3.63) is 60.7 Å². The molecule has 2 aliphatic heterocycles. The molecule has 0 bridgehead atoms. The summed E-state index contributed by atoms with van der Waals surface area (Å²) in [6.45, 7) is 1.74. The second kappa shape index (κ2) is 12.5. The molecule has 2 heterocycles. The second-order valence-corrected chi connectivity index (χ2v) is 11.5. The van der Waals surface area contributed by atoms with E-state index in [-0.39, 0.29) is 13.2 Å². The lowest BCUT2D eigenvalue weighted by molar-refractivity contribution is -0.158. The quantitative estimate of drug-likeness (QED) is 0.383. The molecule has 218 valence electrons. The average Bonchev–Trinajstić information content (AvgIpc) is 3.24. The predicted molar refractivity (Wildman–Crippen MR) is 142 cm³/mol. The van der Waals surface area contributed by atoms with Gasteiger partial charge in [0.15, 0.2) is 5.79 Å². The maximum atomic E-state index is 14.3. The minimum Gasteiger partial charge on any atom is -0.492 e. The molecule has 2 aromatic carbocycles. The molecular formula is C27H34N2O10S. The van der Waals surface area contributed by atoms with Crippen LogP contribution in [0.1, 0.15) is 13.8 Å². The third kappa shape index (κ3) is 6.73. The molecule has 0 N–H and O–H groups in total. The van der Waals surface area contributed by atoms with Crippen LogP contribution in [-0.4, -0.2) is 99.6 Å². The Morgan fingerprint density at radius 1 is 0.750 bits per heavy atom. The minimum absolute atomic E-state index is 0.181. The summed E-state index contributed by atoms with van der Waals surface area (Å²) in [7, 11) is -2.23. The molecular weight excluding hydrogens is 544 g/mol. The van der Waals surface area contributed by atoms with Crippen LogP contribution in [-0.2, 0) is 38.7 Å². The lowest BCUT2D eigenvalue weighted by atomic mass is 9.99. The first-order valence-electron chi connectivity index (χ1n) is 12.7. The lowest BCUT2D eigenvalue weighted by Gasteiger charge is -2.34. The number of esters is 2. The number of fused-ring (bicyclic) bond motifs is 1. The summed E-state index contributed by atoms with van der Waals surface area (Å²) >= 11 is 0. The van der Waals surface area contributed by atoms with E-state index < -0.39 is 65.3 Å². The standard InChI is InChI=1S/C27H34N2O10S/c1-27(2)38-25-21(17-36-19-11-7-5-8-12-19)28(15-23(30)34-3)40(32,33)29(16-24(31)35-4)22(26(25)39-27)18-37-20-13-9-6-10-14-20/h5-14,21-22,25-26H,15-18H2,1-4H3/t21-,22-,25+,26+/m1/s1. The molecule has 40 heavy (non-hydrogen) atoms. The van der Waals surface area contributed by atoms with Gasteiger partial charge in [0.2, 0.25) is 0 Å². The van der Waals surface area contributed by atoms with E-state index in [1.165, 1.54) is 0 Å². The molecule has 0 aromatic heterocycles. The topological polar surface area (TPSA) is 130 Å². The summed E-state index contributed by atoms with van der Waals surface area (Å²) in [5, 5.41) is 0. The normalized spacial score (nSPS) is 25.8. The van der Waals surface area contributed by atoms with Crippen molar-refractivity contribution in [3.63, 3.8) is 0 Å². The van der Waals surface area contributed by atoms with Crippen LogP contribution in [0.25, 0.3) is 0 Å². The van der Waals surface area contributed by atoms with Crippen molar-refractivity contribution in [2.45, 2.75) is 43.9 Å². The van der Waals surface area contributed by atoms with E-state index in [0.29, 0.717) is 11.5 Å². The Morgan fingerprint density at radius 3 is 1.48 bits per heavy atom. The third-order valence-electron chi connectivity index (χ3n) is 6.61. The van der Waals surface area contributed by atoms with Crippen LogP contribution in [0, 0.1) is 0 Å². The zero-order chi connectivity index (χ0) is 28.9. The van der Waals surface area contributed by atoms with Crippen molar-refractivity contribution in [2.75, 3.05) is 40.5 Å². The van der Waals surface area contributed by atoms with E-state index >= 15 is 0 Å². The Hall–Kier alpha value is -3.23. The van der Waals surface area contributed by atoms with Gasteiger partial charge in [0.05, 0.1) is 26.3 Å². The number of hydrogen-bond donors (Lipinski definition) is 0. The van der Waals surface area contributed by atoms with E-state index in [1.54, 1.807) is 62.4 Å². The number of carbonyl (C=O) groups is 2. The Balaban J connectivity index is 1.80. The third-order valence-corrected chi connectivity index (χ3v) is 8.59. The van der Waals surface area contributed by atoms with E-state index in [9.17, 15) is 18.0 Å². The second-order valence-electron chi connectivity index (χ2n) is 9.70. The Bertz CT molecular complexity index is 1170. The maximum Gasteiger partial charge on any atom is 0.321 e. The number of benzene rings is 2. The molecule has 2 aromatic rings. The van der Waals surface area contributed by atoms with E-state index in [1.807, 2.05) is 12.1 Å². The van der Waals surface area contributed by atoms with Crippen molar-refractivity contribution < 1.29 is 46.4 Å². The van der Waals surface area contributed by atoms with Crippen LogP contribution >= 0.6 is 0 Å². The van der Waals surface area contributed by atoms with Gasteiger partial charge in [-0.3, -0.25) is 9.59 Å². The van der Waals surface area contributed by atoms with Crippen LogP contribution < -0.4 is 9.47 Å². The van der Waals surface area contributed by atoms with E-state index in [0.717, 1.165) is 22.8 Å². The van der Waals surface area contributed by atoms with Gasteiger partial charge in [-0.2, -0.15) is 17.0 Å². The zero-order valence-electron chi connectivity index (χ0n) is 22.8. The fraction of sp³-hybridized carbons (Fsp3) is 0.481. The number of rotatable bonds is 10. The molecule has 0 amide bonds. The van der Waals surface area contributed by atoms with Crippen LogP contribution in [0.3, 0.4) is 0 Å². The minimum atomic E-state index is -4.55. The van der Waals surface area contributed by atoms with Gasteiger partial charge >= 0.3 is 11.9 Å². The molecule has 0 radical (unpaired) electrons. The fourth-order valence-electron chi connectivity index (χ4n) is 4.75. The first-order valence-corrected chi connectivity index (χ1v) is 14.1. The zero-order valence-corrected chi connectivity index (χ0v) is 23.6. The highest BCUT2D eigenvalue weighted by Crippen LogP contribution is 2.39. The van der Waals surface area contributed by atoms with Crippen molar-refractivity contribution in [3.8, 4) is 11.5 Å². The highest BCUT2D eigenvalue weighted by atomic mass is 32.2. The number of ether oxygens (including phenoxy) is 6. The van der Waals surface area contributed by atoms with Crippen molar-refractivity contribution in [1.29, 1.82) is 0 Å². The molecule has 0 spiro atoms. The van der Waals surface area contributed by atoms with Gasteiger partial charge in [-0.15, -0.1) is 0 Å². The van der Waals surface area contributed by atoms with Crippen molar-refractivity contribution in [1.82, 2.24) is 8.61 Å². The largest absolute Gasteiger partial charge is 0.492 e. The number of carbonyl (C=O) groups excluding carboxylic acids is 2. The summed E-state index contributed by atoms with van der Waals surface area (Å²) in [6, 6.07) is 15.6. The summed E-state index contributed by atoms with van der Waals surface area (Å²) in [5.41, 5.74) is 0. The fourth-order valence-corrected chi connectivity index (χ4v) is 6.60. The average molecular weight is 579 g/mol. The number of hydrogen-bond acceptors (Lipinski definition) is 10. The van der Waals surface area contributed by atoms with Gasteiger partial charge in [0, 0.05) is 0 Å². The Kier molecular flexibility index (Phi) is 9.31. The lowest BCUT2D eigenvalue weighted by Crippen LogP contribution is -2.56. The summed E-state index contributed by atoms with van der Waals surface area (Å²) in [6.07, 6.45) is -1.82. The van der Waals surface area contributed by atoms with Crippen LogP contribution in [0.5, 0.6) is 11.5 Å². The van der Waals surface area contributed by atoms with Crippen LogP contribution in [0.15, 0.2) is 60.7 Å². The molecule has 0 unspecified atom stereocenters. The Morgan fingerprint density at radius 2 is 1.12 bits per heavy atom. The highest BCUT2D eigenvalue weighted by Gasteiger charge is 2.59. The van der Waals surface area contributed by atoms with Crippen molar-refractivity contribution in [2.24, 2.45) is 0 Å². The molecule has 12 nitrogen and oxygen atoms in total. The number of nitrogens with zero attached hydrogens (tertiary/aromatic N) is 2. The van der Waals surface area contributed by atoms with Gasteiger partial charge < -0.3 is 28.4 Å². The van der Waals surface area contributed by atoms with Crippen LogP contribution in [0.4, 0.5) is 0 Å². The first kappa shape index (κ1) is 29.7. The monoisotopic (exact) mass is 578 g/mol. The van der Waals surface area contributed by atoms with Gasteiger partial charge in [-0.05, 0) is 38.1 Å². The number of para-hydroxylation sites is 2. The number of methoxy groups -OCH3 is 2. The van der Waals surface area contributed by atoms with Gasteiger partial charge in [0.25, 0.3) is 10.2 Å². The molecule has 0 saturated carbocycles. The van der Waals surface area contributed by atoms with Crippen molar-refractivity contribution >= 4 is 22.1 Å². The van der Waals surface area contributed by atoms with Crippen LogP contribution in [0.2, 0.25) is 0 Å². The first-order chi connectivity index (χ1) is 19.1. The SMILES string of the molecule is COC(=O)CN1[C@H](COc2ccccc2)[C@@H]2OC(C)(C)O[C@H]2[C@@H](COc2ccccc2)N(CC(=O)OC)S1(=O)=O. The molecule has 2 saturated heterocycles. The summed E-state index contributed by atoms with van der Waals surface area (Å²) in [5.74, 6) is -1.75. The molecule has 4 rings (SSSR count). The Labute approximate surface area is 233 Å².